The van der Waals surface area contributed by atoms with E-state index < -0.39 is 11.8 Å². The summed E-state index contributed by atoms with van der Waals surface area (Å²) in [5.74, 6) is 0.243. The second kappa shape index (κ2) is 12.8. The van der Waals surface area contributed by atoms with E-state index >= 15 is 0 Å². The fourth-order valence-electron chi connectivity index (χ4n) is 3.09. The first-order valence-corrected chi connectivity index (χ1v) is 11.5. The van der Waals surface area contributed by atoms with Crippen molar-refractivity contribution >= 4 is 29.5 Å². The van der Waals surface area contributed by atoms with E-state index in [1.54, 1.807) is 54.7 Å². The molecule has 0 amide bonds. The summed E-state index contributed by atoms with van der Waals surface area (Å²) in [5, 5.41) is 0.0221. The van der Waals surface area contributed by atoms with Gasteiger partial charge in [-0.15, -0.1) is 0 Å². The molecule has 0 atom stereocenters. The zero-order valence-corrected chi connectivity index (χ0v) is 19.4. The van der Waals surface area contributed by atoms with Crippen molar-refractivity contribution in [1.82, 2.24) is 0 Å². The third-order valence-electron chi connectivity index (χ3n) is 4.96. The standard InChI is InChI=1S/C27H27ClFNO3/c1-2-3-4-5-6-17-32-23-14-9-21(10-15-23)27(31)33-24-12-7-20(8-13-24)19-30-22-11-16-26(29)25(28)18-22/h7-16,18-19H,2-6,17H2,1H3. The predicted molar refractivity (Wildman–Crippen MR) is 131 cm³/mol. The lowest BCUT2D eigenvalue weighted by Crippen LogP contribution is -2.08. The number of esters is 1. The van der Waals surface area contributed by atoms with Gasteiger partial charge in [-0.05, 0) is 78.7 Å². The lowest BCUT2D eigenvalue weighted by Gasteiger charge is -2.08. The Morgan fingerprint density at radius 1 is 0.939 bits per heavy atom. The first-order valence-electron chi connectivity index (χ1n) is 11.1. The van der Waals surface area contributed by atoms with Crippen LogP contribution in [0.25, 0.3) is 0 Å². The average molecular weight is 468 g/mol. The van der Waals surface area contributed by atoms with Gasteiger partial charge in [0.2, 0.25) is 0 Å². The van der Waals surface area contributed by atoms with E-state index in [9.17, 15) is 9.18 Å². The van der Waals surface area contributed by atoms with E-state index in [0.29, 0.717) is 23.6 Å². The van der Waals surface area contributed by atoms with Gasteiger partial charge >= 0.3 is 5.97 Å². The minimum Gasteiger partial charge on any atom is -0.494 e. The summed E-state index contributed by atoms with van der Waals surface area (Å²) in [6.07, 6.45) is 7.55. The van der Waals surface area contributed by atoms with Crippen LogP contribution in [0.15, 0.2) is 71.7 Å². The molecule has 0 aliphatic carbocycles. The molecule has 6 heteroatoms. The smallest absolute Gasteiger partial charge is 0.343 e. The highest BCUT2D eigenvalue weighted by Crippen LogP contribution is 2.22. The Labute approximate surface area is 199 Å². The molecule has 0 N–H and O–H groups in total. The lowest BCUT2D eigenvalue weighted by molar-refractivity contribution is 0.0734. The number of ether oxygens (including phenoxy) is 2. The summed E-state index contributed by atoms with van der Waals surface area (Å²) >= 11 is 5.76. The van der Waals surface area contributed by atoms with Crippen LogP contribution in [-0.4, -0.2) is 18.8 Å². The Hall–Kier alpha value is -3.18. The summed E-state index contributed by atoms with van der Waals surface area (Å²) in [6.45, 7) is 2.87. The van der Waals surface area contributed by atoms with E-state index in [2.05, 4.69) is 11.9 Å². The van der Waals surface area contributed by atoms with E-state index in [-0.39, 0.29) is 5.02 Å². The van der Waals surface area contributed by atoms with Crippen molar-refractivity contribution in [1.29, 1.82) is 0 Å². The molecule has 0 saturated heterocycles. The van der Waals surface area contributed by atoms with Crippen molar-refractivity contribution < 1.29 is 18.7 Å². The SMILES string of the molecule is CCCCCCCOc1ccc(C(=O)Oc2ccc(C=Nc3ccc(F)c(Cl)c3)cc2)cc1. The van der Waals surface area contributed by atoms with Gasteiger partial charge in [-0.25, -0.2) is 9.18 Å². The van der Waals surface area contributed by atoms with Crippen LogP contribution in [0, 0.1) is 5.82 Å². The Morgan fingerprint density at radius 3 is 2.33 bits per heavy atom. The fraction of sp³-hybridized carbons (Fsp3) is 0.259. The maximum atomic E-state index is 13.2. The van der Waals surface area contributed by atoms with Crippen molar-refractivity contribution in [3.8, 4) is 11.5 Å². The van der Waals surface area contributed by atoms with Gasteiger partial charge in [-0.2, -0.15) is 0 Å². The molecule has 3 aromatic rings. The van der Waals surface area contributed by atoms with Crippen molar-refractivity contribution in [2.24, 2.45) is 4.99 Å². The zero-order valence-electron chi connectivity index (χ0n) is 18.6. The molecule has 0 heterocycles. The number of unbranched alkanes of at least 4 members (excludes halogenated alkanes) is 4. The molecule has 0 unspecified atom stereocenters. The lowest BCUT2D eigenvalue weighted by atomic mass is 10.2. The Kier molecular flexibility index (Phi) is 9.45. The van der Waals surface area contributed by atoms with Crippen molar-refractivity contribution in [2.45, 2.75) is 39.0 Å². The highest BCUT2D eigenvalue weighted by Gasteiger charge is 2.09. The number of benzene rings is 3. The Balaban J connectivity index is 1.48. The molecule has 0 bridgehead atoms. The molecule has 3 aromatic carbocycles. The van der Waals surface area contributed by atoms with Crippen LogP contribution in [0.3, 0.4) is 0 Å². The van der Waals surface area contributed by atoms with Crippen LogP contribution in [0.5, 0.6) is 11.5 Å². The van der Waals surface area contributed by atoms with Crippen molar-refractivity contribution in [3.63, 3.8) is 0 Å². The molecule has 0 aromatic heterocycles. The molecule has 3 rings (SSSR count). The third-order valence-corrected chi connectivity index (χ3v) is 5.25. The number of hydrogen-bond acceptors (Lipinski definition) is 4. The summed E-state index contributed by atoms with van der Waals surface area (Å²) in [7, 11) is 0. The van der Waals surface area contributed by atoms with E-state index in [0.717, 1.165) is 17.7 Å². The van der Waals surface area contributed by atoms with Crippen LogP contribution in [-0.2, 0) is 0 Å². The van der Waals surface area contributed by atoms with Gasteiger partial charge in [0.1, 0.15) is 17.3 Å². The number of halogens is 2. The largest absolute Gasteiger partial charge is 0.494 e. The number of carbonyl (C=O) groups is 1. The number of rotatable bonds is 11. The van der Waals surface area contributed by atoms with Crippen molar-refractivity contribution in [2.75, 3.05) is 6.61 Å². The zero-order chi connectivity index (χ0) is 23.5. The molecule has 4 nitrogen and oxygen atoms in total. The molecule has 0 radical (unpaired) electrons. The molecule has 172 valence electrons. The van der Waals surface area contributed by atoms with Gasteiger partial charge in [0.15, 0.2) is 0 Å². The van der Waals surface area contributed by atoms with Gasteiger partial charge in [0, 0.05) is 6.21 Å². The topological polar surface area (TPSA) is 47.9 Å². The molecule has 0 spiro atoms. The number of aliphatic imine (C=N–C) groups is 1. The monoisotopic (exact) mass is 467 g/mol. The summed E-state index contributed by atoms with van der Waals surface area (Å²) in [5.41, 5.74) is 1.79. The first kappa shape index (κ1) is 24.5. The maximum Gasteiger partial charge on any atom is 0.343 e. The molecule has 0 fully saturated rings. The molecule has 33 heavy (non-hydrogen) atoms. The quantitative estimate of drug-likeness (QED) is 0.125. The van der Waals surface area contributed by atoms with Crippen LogP contribution in [0.1, 0.15) is 54.9 Å². The number of carbonyl (C=O) groups excluding carboxylic acids is 1. The highest BCUT2D eigenvalue weighted by atomic mass is 35.5. The van der Waals surface area contributed by atoms with E-state index in [4.69, 9.17) is 21.1 Å². The van der Waals surface area contributed by atoms with E-state index in [1.807, 2.05) is 0 Å². The minimum atomic E-state index is -0.484. The average Bonchev–Trinajstić information content (AvgIpc) is 2.83. The molecule has 0 aliphatic rings. The van der Waals surface area contributed by atoms with Crippen molar-refractivity contribution in [3.05, 3.63) is 88.7 Å². The molecule has 0 saturated carbocycles. The first-order chi connectivity index (χ1) is 16.0. The van der Waals surface area contributed by atoms with Crippen LogP contribution >= 0.6 is 11.6 Å². The Morgan fingerprint density at radius 2 is 1.64 bits per heavy atom. The maximum absolute atomic E-state index is 13.2. The summed E-state index contributed by atoms with van der Waals surface area (Å²) < 4.78 is 24.4. The van der Waals surface area contributed by atoms with Gasteiger partial charge in [0.05, 0.1) is 22.9 Å². The summed E-state index contributed by atoms with van der Waals surface area (Å²) in [6, 6.07) is 18.1. The van der Waals surface area contributed by atoms with Gasteiger partial charge in [-0.3, -0.25) is 4.99 Å². The second-order valence-electron chi connectivity index (χ2n) is 7.60. The van der Waals surface area contributed by atoms with Gasteiger partial charge < -0.3 is 9.47 Å². The number of nitrogens with zero attached hydrogens (tertiary/aromatic N) is 1. The van der Waals surface area contributed by atoms with Crippen LogP contribution in [0.2, 0.25) is 5.02 Å². The van der Waals surface area contributed by atoms with E-state index in [1.165, 1.54) is 43.9 Å². The highest BCUT2D eigenvalue weighted by molar-refractivity contribution is 6.31. The normalized spacial score (nSPS) is 11.0. The van der Waals surface area contributed by atoms with Crippen LogP contribution in [0.4, 0.5) is 10.1 Å². The summed E-state index contributed by atoms with van der Waals surface area (Å²) in [4.78, 5) is 16.7. The molecule has 0 aliphatic heterocycles. The van der Waals surface area contributed by atoms with Gasteiger partial charge in [-0.1, -0.05) is 44.2 Å². The van der Waals surface area contributed by atoms with Crippen LogP contribution < -0.4 is 9.47 Å². The van der Waals surface area contributed by atoms with Gasteiger partial charge in [0.25, 0.3) is 0 Å². The predicted octanol–water partition coefficient (Wildman–Crippen LogP) is 7.80. The Bertz CT molecular complexity index is 1070. The molecular weight excluding hydrogens is 441 g/mol. The molecular formula is C27H27ClFNO3. The second-order valence-corrected chi connectivity index (χ2v) is 8.01. The number of hydrogen-bond donors (Lipinski definition) is 0. The fourth-order valence-corrected chi connectivity index (χ4v) is 3.26. The minimum absolute atomic E-state index is 0.0221. The third kappa shape index (κ3) is 8.03.